The molecule has 1 aromatic carbocycles. The summed E-state index contributed by atoms with van der Waals surface area (Å²) in [6.45, 7) is 5.59. The zero-order valence-corrected chi connectivity index (χ0v) is 13.3. The molecule has 0 bridgehead atoms. The summed E-state index contributed by atoms with van der Waals surface area (Å²) in [6, 6.07) is 7.65. The van der Waals surface area contributed by atoms with Gasteiger partial charge in [0.2, 0.25) is 0 Å². The number of methoxy groups -OCH3 is 1. The molecule has 0 atom stereocenters. The van der Waals surface area contributed by atoms with Gasteiger partial charge in [-0.25, -0.2) is 0 Å². The van der Waals surface area contributed by atoms with Crippen molar-refractivity contribution in [1.29, 1.82) is 0 Å². The van der Waals surface area contributed by atoms with Gasteiger partial charge in [0.15, 0.2) is 5.11 Å². The van der Waals surface area contributed by atoms with E-state index < -0.39 is 0 Å². The smallest absolute Gasteiger partial charge is 0.171 e. The third-order valence-electron chi connectivity index (χ3n) is 3.14. The average Bonchev–Trinajstić information content (AvgIpc) is 2.86. The van der Waals surface area contributed by atoms with Crippen molar-refractivity contribution in [1.82, 2.24) is 15.1 Å². The SMILES string of the molecule is CCn1cc(CNC(=S)Nc2cccc(OC)c2)c(C)n1. The number of nitrogens with one attached hydrogen (secondary N) is 2. The van der Waals surface area contributed by atoms with Gasteiger partial charge in [-0.05, 0) is 38.2 Å². The Balaban J connectivity index is 1.90. The van der Waals surface area contributed by atoms with Crippen LogP contribution in [-0.4, -0.2) is 22.0 Å². The number of hydrogen-bond acceptors (Lipinski definition) is 3. The molecule has 2 N–H and O–H groups in total. The van der Waals surface area contributed by atoms with Crippen LogP contribution in [0, 0.1) is 6.92 Å². The van der Waals surface area contributed by atoms with Crippen LogP contribution in [0.1, 0.15) is 18.2 Å². The predicted molar refractivity (Wildman–Crippen MR) is 88.7 cm³/mol. The highest BCUT2D eigenvalue weighted by Gasteiger charge is 2.05. The second kappa shape index (κ2) is 7.08. The lowest BCUT2D eigenvalue weighted by Gasteiger charge is -2.11. The van der Waals surface area contributed by atoms with Gasteiger partial charge >= 0.3 is 0 Å². The third-order valence-corrected chi connectivity index (χ3v) is 3.39. The minimum Gasteiger partial charge on any atom is -0.497 e. The zero-order valence-electron chi connectivity index (χ0n) is 12.5. The van der Waals surface area contributed by atoms with Crippen molar-refractivity contribution in [3.05, 3.63) is 41.7 Å². The summed E-state index contributed by atoms with van der Waals surface area (Å²) >= 11 is 5.30. The lowest BCUT2D eigenvalue weighted by molar-refractivity contribution is 0.415. The fourth-order valence-electron chi connectivity index (χ4n) is 1.95. The van der Waals surface area contributed by atoms with E-state index in [2.05, 4.69) is 22.7 Å². The number of ether oxygens (including phenoxy) is 1. The Labute approximate surface area is 130 Å². The van der Waals surface area contributed by atoms with E-state index >= 15 is 0 Å². The third kappa shape index (κ3) is 4.19. The normalized spacial score (nSPS) is 10.2. The molecule has 0 saturated carbocycles. The first-order chi connectivity index (χ1) is 10.1. The topological polar surface area (TPSA) is 51.1 Å². The van der Waals surface area contributed by atoms with Crippen molar-refractivity contribution in [2.24, 2.45) is 0 Å². The molecule has 0 aliphatic heterocycles. The summed E-state index contributed by atoms with van der Waals surface area (Å²) in [4.78, 5) is 0. The van der Waals surface area contributed by atoms with Crippen molar-refractivity contribution in [2.45, 2.75) is 26.9 Å². The zero-order chi connectivity index (χ0) is 15.2. The quantitative estimate of drug-likeness (QED) is 0.832. The molecule has 0 aliphatic carbocycles. The monoisotopic (exact) mass is 304 g/mol. The summed E-state index contributed by atoms with van der Waals surface area (Å²) in [6.07, 6.45) is 2.04. The van der Waals surface area contributed by atoms with Crippen molar-refractivity contribution in [2.75, 3.05) is 12.4 Å². The molecule has 1 heterocycles. The largest absolute Gasteiger partial charge is 0.497 e. The maximum Gasteiger partial charge on any atom is 0.171 e. The van der Waals surface area contributed by atoms with E-state index in [1.807, 2.05) is 42.1 Å². The second-order valence-electron chi connectivity index (χ2n) is 4.64. The molecule has 21 heavy (non-hydrogen) atoms. The number of aryl methyl sites for hydroxylation is 2. The van der Waals surface area contributed by atoms with Crippen LogP contribution in [0.25, 0.3) is 0 Å². The van der Waals surface area contributed by atoms with Crippen LogP contribution in [0.2, 0.25) is 0 Å². The van der Waals surface area contributed by atoms with Gasteiger partial charge in [-0.15, -0.1) is 0 Å². The van der Waals surface area contributed by atoms with Crippen LogP contribution in [-0.2, 0) is 13.1 Å². The molecule has 0 spiro atoms. The fourth-order valence-corrected chi connectivity index (χ4v) is 2.14. The van der Waals surface area contributed by atoms with Crippen LogP contribution in [0.4, 0.5) is 5.69 Å². The highest BCUT2D eigenvalue weighted by molar-refractivity contribution is 7.80. The minimum absolute atomic E-state index is 0.576. The number of nitrogens with zero attached hydrogens (tertiary/aromatic N) is 2. The molecule has 0 saturated heterocycles. The molecule has 0 amide bonds. The molecular weight excluding hydrogens is 284 g/mol. The van der Waals surface area contributed by atoms with Crippen LogP contribution < -0.4 is 15.4 Å². The molecule has 0 unspecified atom stereocenters. The van der Waals surface area contributed by atoms with Gasteiger partial charge in [0.1, 0.15) is 5.75 Å². The standard InChI is InChI=1S/C15H20N4OS/c1-4-19-10-12(11(2)18-19)9-16-15(21)17-13-6-5-7-14(8-13)20-3/h5-8,10H,4,9H2,1-3H3,(H2,16,17,21). The molecule has 0 radical (unpaired) electrons. The Morgan fingerprint density at radius 1 is 1.43 bits per heavy atom. The molecule has 6 heteroatoms. The number of anilines is 1. The molecule has 2 rings (SSSR count). The van der Waals surface area contributed by atoms with Gasteiger partial charge in [0.25, 0.3) is 0 Å². The highest BCUT2D eigenvalue weighted by Crippen LogP contribution is 2.16. The minimum atomic E-state index is 0.576. The van der Waals surface area contributed by atoms with E-state index in [4.69, 9.17) is 17.0 Å². The number of thiocarbonyl (C=S) groups is 1. The van der Waals surface area contributed by atoms with Crippen LogP contribution >= 0.6 is 12.2 Å². The Bertz CT molecular complexity index is 624. The Kier molecular flexibility index (Phi) is 5.16. The van der Waals surface area contributed by atoms with E-state index in [0.717, 1.165) is 29.2 Å². The summed E-state index contributed by atoms with van der Waals surface area (Å²) in [5.74, 6) is 0.794. The van der Waals surface area contributed by atoms with Gasteiger partial charge in [-0.2, -0.15) is 5.10 Å². The number of rotatable bonds is 5. The molecular formula is C15H20N4OS. The van der Waals surface area contributed by atoms with Gasteiger partial charge < -0.3 is 15.4 Å². The van der Waals surface area contributed by atoms with Crippen molar-refractivity contribution in [3.8, 4) is 5.75 Å². The number of aromatic nitrogens is 2. The molecule has 0 fully saturated rings. The first-order valence-corrected chi connectivity index (χ1v) is 7.25. The summed E-state index contributed by atoms with van der Waals surface area (Å²) < 4.78 is 7.10. The highest BCUT2D eigenvalue weighted by atomic mass is 32.1. The number of hydrogen-bond donors (Lipinski definition) is 2. The maximum atomic E-state index is 5.30. The van der Waals surface area contributed by atoms with Crippen LogP contribution in [0.15, 0.2) is 30.5 Å². The molecule has 5 nitrogen and oxygen atoms in total. The maximum absolute atomic E-state index is 5.30. The van der Waals surface area contributed by atoms with E-state index in [-0.39, 0.29) is 0 Å². The van der Waals surface area contributed by atoms with Crippen molar-refractivity contribution in [3.63, 3.8) is 0 Å². The molecule has 112 valence electrons. The van der Waals surface area contributed by atoms with Crippen molar-refractivity contribution >= 4 is 23.0 Å². The first kappa shape index (κ1) is 15.3. The van der Waals surface area contributed by atoms with Gasteiger partial charge in [-0.3, -0.25) is 4.68 Å². The molecule has 0 aliphatic rings. The summed E-state index contributed by atoms with van der Waals surface area (Å²) in [5, 5.41) is 11.3. The lowest BCUT2D eigenvalue weighted by Crippen LogP contribution is -2.28. The molecule has 1 aromatic heterocycles. The Morgan fingerprint density at radius 3 is 2.90 bits per heavy atom. The van der Waals surface area contributed by atoms with Crippen LogP contribution in [0.5, 0.6) is 5.75 Å². The number of benzene rings is 1. The van der Waals surface area contributed by atoms with Gasteiger partial charge in [0.05, 0.1) is 12.8 Å². The summed E-state index contributed by atoms with van der Waals surface area (Å²) in [7, 11) is 1.64. The fraction of sp³-hybridized carbons (Fsp3) is 0.333. The van der Waals surface area contributed by atoms with Gasteiger partial charge in [-0.1, -0.05) is 6.07 Å². The van der Waals surface area contributed by atoms with Gasteiger partial charge in [0, 0.05) is 36.6 Å². The van der Waals surface area contributed by atoms with E-state index in [1.165, 1.54) is 0 Å². The van der Waals surface area contributed by atoms with Crippen molar-refractivity contribution < 1.29 is 4.74 Å². The summed E-state index contributed by atoms with van der Waals surface area (Å²) in [5.41, 5.74) is 3.06. The predicted octanol–water partition coefficient (Wildman–Crippen LogP) is 2.71. The second-order valence-corrected chi connectivity index (χ2v) is 5.04. The Morgan fingerprint density at radius 2 is 2.24 bits per heavy atom. The average molecular weight is 304 g/mol. The lowest BCUT2D eigenvalue weighted by atomic mass is 10.2. The van der Waals surface area contributed by atoms with E-state index in [9.17, 15) is 0 Å². The Hall–Kier alpha value is -2.08. The first-order valence-electron chi connectivity index (χ1n) is 6.84. The molecule has 2 aromatic rings. The van der Waals surface area contributed by atoms with E-state index in [0.29, 0.717) is 11.7 Å². The van der Waals surface area contributed by atoms with Crippen LogP contribution in [0.3, 0.4) is 0 Å². The van der Waals surface area contributed by atoms with E-state index in [1.54, 1.807) is 7.11 Å².